The normalized spacial score (nSPS) is 21.2. The number of hydrogen-bond donors (Lipinski definition) is 0. The van der Waals surface area contributed by atoms with Gasteiger partial charge in [-0.1, -0.05) is 103 Å². The SMILES string of the molecule is CCCOc1ccc(CN2CC34c5c6c7c8c9c%10c(c%11c%12c3c3c5c5c%13c6c6c7c7c9c9c%14c%10c%10c%11c%11c%12c%12c3c3c5c5c%13c%13c6c6c7c9c7c9c%14c%10c%10c%11c%11c%12c3c3c5c5c%13c6c7c6c9c%10c%11c3c56)C84C2c2ccc(C#Cc3ccc(C#Cc4ccc(C5=CC6=CC=CC=CC6C5(C#N)C#N)cc4)cc3)cc2)cc1. The maximum absolute atomic E-state index is 10.5. The van der Waals surface area contributed by atoms with Gasteiger partial charge in [0.05, 0.1) is 35.6 Å². The fourth-order valence-corrected chi connectivity index (χ4v) is 31.3. The van der Waals surface area contributed by atoms with Crippen LogP contribution in [-0.2, 0) is 17.4 Å². The number of rotatable bonds is 7. The van der Waals surface area contributed by atoms with E-state index in [-0.39, 0.29) is 12.0 Å². The Bertz CT molecular complexity index is 9880. The van der Waals surface area contributed by atoms with Crippen molar-refractivity contribution in [3.05, 3.63) is 200 Å². The Morgan fingerprint density at radius 2 is 0.682 bits per heavy atom. The molecule has 1 fully saturated rings. The van der Waals surface area contributed by atoms with E-state index in [2.05, 4.69) is 120 Å². The summed E-state index contributed by atoms with van der Waals surface area (Å²) in [6.07, 6.45) is 12.8. The molecule has 39 rings (SSSR count). The van der Waals surface area contributed by atoms with Crippen LogP contribution in [0, 0.1) is 57.7 Å². The Morgan fingerprint density at radius 3 is 1.02 bits per heavy atom. The topological polar surface area (TPSA) is 60.0 Å². The Labute approximate surface area is 615 Å². The van der Waals surface area contributed by atoms with Gasteiger partial charge in [-0.05, 0) is 408 Å². The van der Waals surface area contributed by atoms with Crippen LogP contribution >= 0.6 is 0 Å². The van der Waals surface area contributed by atoms with Crippen molar-refractivity contribution in [3.8, 4) is 41.6 Å². The molecule has 2 atom stereocenters. The van der Waals surface area contributed by atoms with Crippen molar-refractivity contribution in [2.75, 3.05) is 13.2 Å². The minimum atomic E-state index is -1.30. The van der Waals surface area contributed by atoms with Gasteiger partial charge in [-0.3, -0.25) is 4.90 Å². The molecule has 1 heterocycles. The second-order valence-electron chi connectivity index (χ2n) is 36.0. The van der Waals surface area contributed by atoms with Crippen LogP contribution < -0.4 is 4.74 Å². The van der Waals surface area contributed by atoms with E-state index < -0.39 is 16.2 Å². The lowest BCUT2D eigenvalue weighted by molar-refractivity contribution is 0.218. The van der Waals surface area contributed by atoms with E-state index in [1.807, 2.05) is 60.7 Å². The molecule has 4 heteroatoms. The predicted molar refractivity (Wildman–Crippen MR) is 452 cm³/mol. The highest BCUT2D eigenvalue weighted by Crippen LogP contribution is 2.87. The smallest absolute Gasteiger partial charge is 0.179 e. The summed E-state index contributed by atoms with van der Waals surface area (Å²) in [7, 11) is 0. The lowest BCUT2D eigenvalue weighted by Gasteiger charge is -2.52. The van der Waals surface area contributed by atoms with Crippen LogP contribution in [-0.4, -0.2) is 18.1 Å². The van der Waals surface area contributed by atoms with Gasteiger partial charge >= 0.3 is 0 Å². The summed E-state index contributed by atoms with van der Waals surface area (Å²) in [6.45, 7) is 4.63. The average Bonchev–Trinajstić information content (AvgIpc) is 1.38. The summed E-state index contributed by atoms with van der Waals surface area (Å²) in [4.78, 5) is 3.08. The summed E-state index contributed by atoms with van der Waals surface area (Å²) >= 11 is 0. The molecule has 32 aromatic rings. The van der Waals surface area contributed by atoms with Crippen LogP contribution in [0.25, 0.3) is 296 Å². The molecular weight excluding hydrogens is 1330 g/mol. The van der Waals surface area contributed by atoms with Crippen molar-refractivity contribution < 1.29 is 4.74 Å². The van der Waals surface area contributed by atoms with Crippen molar-refractivity contribution in [3.63, 3.8) is 0 Å². The third-order valence-electron chi connectivity index (χ3n) is 33.3. The van der Waals surface area contributed by atoms with Crippen molar-refractivity contribution in [2.45, 2.75) is 36.8 Å². The van der Waals surface area contributed by atoms with Crippen LogP contribution in [0.3, 0.4) is 0 Å². The summed E-state index contributed by atoms with van der Waals surface area (Å²) in [6, 6.07) is 40.2. The highest BCUT2D eigenvalue weighted by atomic mass is 16.5. The lowest BCUT2D eigenvalue weighted by Crippen LogP contribution is -2.51. The molecule has 4 nitrogen and oxygen atoms in total. The van der Waals surface area contributed by atoms with Gasteiger partial charge in [0.2, 0.25) is 0 Å². The van der Waals surface area contributed by atoms with Crippen LogP contribution in [0.5, 0.6) is 5.75 Å². The van der Waals surface area contributed by atoms with Gasteiger partial charge in [-0.25, -0.2) is 0 Å². The van der Waals surface area contributed by atoms with Crippen molar-refractivity contribution in [1.82, 2.24) is 4.90 Å². The first kappa shape index (κ1) is 49.1. The van der Waals surface area contributed by atoms with E-state index in [1.54, 1.807) is 313 Å². The van der Waals surface area contributed by atoms with Gasteiger partial charge in [-0.15, -0.1) is 0 Å². The second kappa shape index (κ2) is 13.5. The molecule has 0 bridgehead atoms. The largest absolute Gasteiger partial charge is 0.494 e. The van der Waals surface area contributed by atoms with Gasteiger partial charge < -0.3 is 4.74 Å². The highest BCUT2D eigenvalue weighted by molar-refractivity contribution is 6.82. The molecule has 2 spiro atoms. The quantitative estimate of drug-likeness (QED) is 0.118. The van der Waals surface area contributed by atoms with Crippen molar-refractivity contribution >= 4 is 296 Å². The number of nitriles is 2. The maximum atomic E-state index is 10.5. The fourth-order valence-electron chi connectivity index (χ4n) is 31.3. The highest BCUT2D eigenvalue weighted by Gasteiger charge is 2.76. The van der Waals surface area contributed by atoms with E-state index in [1.165, 1.54) is 11.1 Å². The van der Waals surface area contributed by atoms with E-state index >= 15 is 0 Å². The Morgan fingerprint density at radius 1 is 0.364 bits per heavy atom. The number of allylic oxidation sites excluding steroid dienone is 8. The molecule has 0 saturated carbocycles. The summed E-state index contributed by atoms with van der Waals surface area (Å²) < 4.78 is 6.39. The Kier molecular flexibility index (Phi) is 6.02. The van der Waals surface area contributed by atoms with E-state index in [9.17, 15) is 10.5 Å². The fraction of sp³-hybridized carbons (Fsp3) is 0.0943. The molecule has 32 aromatic carbocycles. The van der Waals surface area contributed by atoms with E-state index in [0.717, 1.165) is 64.2 Å². The molecule has 0 radical (unpaired) electrons. The van der Waals surface area contributed by atoms with Gasteiger partial charge in [0.15, 0.2) is 5.41 Å². The number of hydrogen-bond acceptors (Lipinski definition) is 4. The number of ether oxygens (including phenoxy) is 1. The standard InChI is InChI=1S/C106H35N3O/c1-2-28-110-42-26-20-38(21-27-42)30-109-33-105-99-91-83-73-63-55-47-45-46-49-53-51(47)59-67-61(53)71-65-57(49)58-50(46)54-52-48(45)56(55)64-70-60(52)68-62(54)72-66(58)76-75(65)87-81(71)89-79(67)85(77(83)69(59)63)93(99)95(89)101-97(87)98-88(76)82(72)90-80(68)86-78(70)84(74(64)73)92(91)100(105)94(86)96(90)102(98)106(101,105)103(109)40-24-18-37(19-25-40)15-13-35-10-8-34(9-11-35)12-14-36-16-22-39(23-17-36)44-29-41-6-4-3-5-7-43(41)104(44,31-107)32-108/h3-11,16-27,29,43,103H,2,28,30,33H2,1H3. The van der Waals surface area contributed by atoms with Crippen molar-refractivity contribution in [2.24, 2.45) is 11.3 Å². The molecule has 0 aromatic heterocycles. The molecule has 1 saturated heterocycles. The zero-order valence-corrected chi connectivity index (χ0v) is 57.9. The molecular formula is C106H35N3O. The van der Waals surface area contributed by atoms with Crippen LogP contribution in [0.2, 0.25) is 0 Å². The first-order chi connectivity index (χ1) is 54.6. The maximum Gasteiger partial charge on any atom is 0.179 e. The Balaban J connectivity index is 0.622. The molecule has 7 aliphatic rings. The zero-order chi connectivity index (χ0) is 68.8. The first-order valence-corrected chi connectivity index (χ1v) is 39.7. The van der Waals surface area contributed by atoms with Gasteiger partial charge in [-0.2, -0.15) is 10.5 Å². The molecule has 1 aliphatic heterocycles. The van der Waals surface area contributed by atoms with Crippen LogP contribution in [0.4, 0.5) is 0 Å². The lowest BCUT2D eigenvalue weighted by atomic mass is 9.47. The number of nitrogens with zero attached hydrogens (tertiary/aromatic N) is 3. The molecule has 0 amide bonds. The first-order valence-electron chi connectivity index (χ1n) is 39.7. The number of fused-ring (bicyclic) bond motifs is 1. The minimum Gasteiger partial charge on any atom is -0.494 e. The van der Waals surface area contributed by atoms with Gasteiger partial charge in [0, 0.05) is 41.3 Å². The monoisotopic (exact) mass is 1370 g/mol. The van der Waals surface area contributed by atoms with Crippen LogP contribution in [0.15, 0.2) is 139 Å². The zero-order valence-electron chi connectivity index (χ0n) is 57.9. The second-order valence-corrected chi connectivity index (χ2v) is 36.0. The molecule has 2 unspecified atom stereocenters. The molecule has 480 valence electrons. The summed E-state index contributed by atoms with van der Waals surface area (Å²) in [5, 5.41) is 109. The number of benzene rings is 22. The van der Waals surface area contributed by atoms with Gasteiger partial charge in [0.25, 0.3) is 0 Å². The molecule has 0 N–H and O–H groups in total. The number of likely N-dealkylation sites (tertiary alicyclic amines) is 1. The molecule has 110 heavy (non-hydrogen) atoms. The third-order valence-corrected chi connectivity index (χ3v) is 33.3. The summed E-state index contributed by atoms with van der Waals surface area (Å²) in [5.74, 6) is 14.8. The Hall–Kier alpha value is -13.8. The van der Waals surface area contributed by atoms with E-state index in [4.69, 9.17) is 4.74 Å². The predicted octanol–water partition coefficient (Wildman–Crippen LogP) is 25.2. The van der Waals surface area contributed by atoms with Gasteiger partial charge in [0.1, 0.15) is 5.75 Å². The van der Waals surface area contributed by atoms with Crippen LogP contribution in [0.1, 0.15) is 80.6 Å². The van der Waals surface area contributed by atoms with Crippen molar-refractivity contribution in [1.29, 1.82) is 10.5 Å². The third kappa shape index (κ3) is 3.63. The van der Waals surface area contributed by atoms with E-state index in [0.29, 0.717) is 6.61 Å². The molecule has 6 aliphatic carbocycles. The summed E-state index contributed by atoms with van der Waals surface area (Å²) in [5.41, 5.74) is 13.5. The average molecular weight is 1370 g/mol. The minimum absolute atomic E-state index is 0.0541.